The van der Waals surface area contributed by atoms with Crippen LogP contribution in [-0.2, 0) is 9.53 Å². The largest absolute Gasteiger partial charge is 0.469 e. The summed E-state index contributed by atoms with van der Waals surface area (Å²) < 4.78 is 15.0. The molecule has 6 heteroatoms. The predicted octanol–water partition coefficient (Wildman–Crippen LogP) is 1.63. The van der Waals surface area contributed by atoms with Crippen LogP contribution in [0.3, 0.4) is 0 Å². The molecule has 1 aromatic rings. The molecule has 0 unspecified atom stereocenters. The van der Waals surface area contributed by atoms with Crippen LogP contribution in [0.1, 0.15) is 18.0 Å². The van der Waals surface area contributed by atoms with Crippen LogP contribution in [0.2, 0.25) is 5.02 Å². The van der Waals surface area contributed by atoms with Crippen molar-refractivity contribution in [2.24, 2.45) is 5.73 Å². The van der Waals surface area contributed by atoms with Crippen LogP contribution in [0.4, 0.5) is 0 Å². The summed E-state index contributed by atoms with van der Waals surface area (Å²) in [4.78, 5) is 11.1. The third kappa shape index (κ3) is 2.45. The van der Waals surface area contributed by atoms with E-state index in [0.717, 1.165) is 0 Å². The number of ether oxygens (including phenoxy) is 3. The lowest BCUT2D eigenvalue weighted by Crippen LogP contribution is -2.16. The Balaban J connectivity index is 2.23. The first-order valence-electron chi connectivity index (χ1n) is 5.03. The lowest BCUT2D eigenvalue weighted by atomic mass is 10.0. The van der Waals surface area contributed by atoms with E-state index in [4.69, 9.17) is 26.8 Å². The highest BCUT2D eigenvalue weighted by Gasteiger charge is 2.21. The average Bonchev–Trinajstić information content (AvgIpc) is 2.74. The highest BCUT2D eigenvalue weighted by atomic mass is 35.5. The minimum atomic E-state index is -0.524. The van der Waals surface area contributed by atoms with Gasteiger partial charge in [0.1, 0.15) is 0 Å². The second-order valence-corrected chi connectivity index (χ2v) is 4.02. The molecule has 0 bridgehead atoms. The van der Waals surface area contributed by atoms with E-state index in [2.05, 4.69) is 4.74 Å². The van der Waals surface area contributed by atoms with Crippen molar-refractivity contribution in [1.29, 1.82) is 0 Å². The van der Waals surface area contributed by atoms with Crippen molar-refractivity contribution in [3.63, 3.8) is 0 Å². The Kier molecular flexibility index (Phi) is 3.40. The van der Waals surface area contributed by atoms with Crippen LogP contribution >= 0.6 is 11.6 Å². The molecule has 0 radical (unpaired) electrons. The zero-order valence-corrected chi connectivity index (χ0v) is 9.99. The Hall–Kier alpha value is -1.46. The first-order valence-corrected chi connectivity index (χ1v) is 5.41. The summed E-state index contributed by atoms with van der Waals surface area (Å²) in [5.41, 5.74) is 6.52. The second kappa shape index (κ2) is 4.81. The van der Waals surface area contributed by atoms with Crippen molar-refractivity contribution >= 4 is 17.6 Å². The summed E-state index contributed by atoms with van der Waals surface area (Å²) in [6, 6.07) is 2.80. The Morgan fingerprint density at radius 1 is 1.53 bits per heavy atom. The van der Waals surface area contributed by atoms with Gasteiger partial charge in [0.25, 0.3) is 0 Å². The number of esters is 1. The summed E-state index contributed by atoms with van der Waals surface area (Å²) in [6.07, 6.45) is 0.0653. The molecule has 2 rings (SSSR count). The van der Waals surface area contributed by atoms with Crippen molar-refractivity contribution in [3.05, 3.63) is 22.7 Å². The molecular weight excluding hydrogens is 246 g/mol. The minimum Gasteiger partial charge on any atom is -0.469 e. The summed E-state index contributed by atoms with van der Waals surface area (Å²) in [7, 11) is 1.32. The van der Waals surface area contributed by atoms with Gasteiger partial charge >= 0.3 is 5.97 Å². The maximum absolute atomic E-state index is 11.1. The van der Waals surface area contributed by atoms with E-state index in [-0.39, 0.29) is 19.2 Å². The fraction of sp³-hybridized carbons (Fsp3) is 0.364. The Bertz CT molecular complexity index is 449. The van der Waals surface area contributed by atoms with Crippen LogP contribution in [0.5, 0.6) is 11.5 Å². The lowest BCUT2D eigenvalue weighted by Gasteiger charge is -2.13. The molecule has 17 heavy (non-hydrogen) atoms. The fourth-order valence-corrected chi connectivity index (χ4v) is 1.88. The lowest BCUT2D eigenvalue weighted by molar-refractivity contribution is -0.141. The minimum absolute atomic E-state index is 0.0653. The number of benzene rings is 1. The monoisotopic (exact) mass is 257 g/mol. The smallest absolute Gasteiger partial charge is 0.307 e. The Labute approximate surface area is 103 Å². The molecule has 1 heterocycles. The van der Waals surface area contributed by atoms with Gasteiger partial charge in [-0.05, 0) is 11.6 Å². The molecular formula is C11H12ClNO4. The third-order valence-corrected chi connectivity index (χ3v) is 2.83. The molecule has 0 amide bonds. The number of hydrogen-bond acceptors (Lipinski definition) is 5. The van der Waals surface area contributed by atoms with Crippen LogP contribution in [-0.4, -0.2) is 19.9 Å². The Morgan fingerprint density at radius 2 is 2.18 bits per heavy atom. The number of rotatable bonds is 3. The van der Waals surface area contributed by atoms with Gasteiger partial charge in [-0.15, -0.1) is 0 Å². The molecule has 2 N–H and O–H groups in total. The molecule has 1 aromatic carbocycles. The first kappa shape index (κ1) is 12.0. The number of hydrogen-bond donors (Lipinski definition) is 1. The predicted molar refractivity (Wildman–Crippen MR) is 61.1 cm³/mol. The summed E-state index contributed by atoms with van der Waals surface area (Å²) >= 11 is 6.06. The van der Waals surface area contributed by atoms with Gasteiger partial charge in [0.2, 0.25) is 6.79 Å². The molecule has 0 fully saturated rings. The molecule has 0 saturated carbocycles. The van der Waals surface area contributed by atoms with E-state index in [1.165, 1.54) is 7.11 Å². The molecule has 0 saturated heterocycles. The molecule has 92 valence electrons. The zero-order valence-electron chi connectivity index (χ0n) is 9.23. The topological polar surface area (TPSA) is 70.8 Å². The summed E-state index contributed by atoms with van der Waals surface area (Å²) in [5, 5.41) is 0.450. The first-order chi connectivity index (χ1) is 8.11. The summed E-state index contributed by atoms with van der Waals surface area (Å²) in [5.74, 6) is 0.792. The fourth-order valence-electron chi connectivity index (χ4n) is 1.59. The van der Waals surface area contributed by atoms with E-state index in [1.54, 1.807) is 12.1 Å². The maximum Gasteiger partial charge on any atom is 0.307 e. The summed E-state index contributed by atoms with van der Waals surface area (Å²) in [6.45, 7) is 0.168. The number of fused-ring (bicyclic) bond motifs is 1. The second-order valence-electron chi connectivity index (χ2n) is 3.61. The Morgan fingerprint density at radius 3 is 2.82 bits per heavy atom. The number of carbonyl (C=O) groups excluding carboxylic acids is 1. The SMILES string of the molecule is COC(=O)C[C@@H](N)c1cc2c(cc1Cl)OCO2. The van der Waals surface area contributed by atoms with Crippen molar-refractivity contribution in [2.45, 2.75) is 12.5 Å². The normalized spacial score (nSPS) is 14.5. The van der Waals surface area contributed by atoms with Gasteiger partial charge < -0.3 is 19.9 Å². The zero-order chi connectivity index (χ0) is 12.4. The third-order valence-electron chi connectivity index (χ3n) is 2.51. The van der Waals surface area contributed by atoms with Gasteiger partial charge in [0.05, 0.1) is 13.5 Å². The van der Waals surface area contributed by atoms with Crippen LogP contribution in [0.15, 0.2) is 12.1 Å². The highest BCUT2D eigenvalue weighted by molar-refractivity contribution is 6.31. The van der Waals surface area contributed by atoms with Crippen LogP contribution in [0, 0.1) is 0 Å². The molecule has 0 aliphatic carbocycles. The number of methoxy groups -OCH3 is 1. The highest BCUT2D eigenvalue weighted by Crippen LogP contribution is 2.38. The molecule has 1 aliphatic rings. The average molecular weight is 258 g/mol. The van der Waals surface area contributed by atoms with Gasteiger partial charge in [-0.25, -0.2) is 0 Å². The van der Waals surface area contributed by atoms with Crippen molar-refractivity contribution in [3.8, 4) is 11.5 Å². The number of halogens is 1. The quantitative estimate of drug-likeness (QED) is 0.834. The van der Waals surface area contributed by atoms with E-state index < -0.39 is 6.04 Å². The van der Waals surface area contributed by atoms with Gasteiger partial charge in [-0.3, -0.25) is 4.79 Å². The van der Waals surface area contributed by atoms with Crippen molar-refractivity contribution in [1.82, 2.24) is 0 Å². The van der Waals surface area contributed by atoms with Gasteiger partial charge in [-0.2, -0.15) is 0 Å². The van der Waals surface area contributed by atoms with Gasteiger partial charge in [-0.1, -0.05) is 11.6 Å². The van der Waals surface area contributed by atoms with E-state index >= 15 is 0 Å². The van der Waals surface area contributed by atoms with Crippen LogP contribution in [0.25, 0.3) is 0 Å². The standard InChI is InChI=1S/C11H12ClNO4/c1-15-11(14)4-8(13)6-2-9-10(3-7(6)12)17-5-16-9/h2-3,8H,4-5,13H2,1H3/t8-/m1/s1. The molecule has 0 aromatic heterocycles. The van der Waals surface area contributed by atoms with E-state index in [0.29, 0.717) is 22.1 Å². The number of carbonyl (C=O) groups is 1. The van der Waals surface area contributed by atoms with Crippen LogP contribution < -0.4 is 15.2 Å². The van der Waals surface area contributed by atoms with Crippen molar-refractivity contribution < 1.29 is 19.0 Å². The molecule has 5 nitrogen and oxygen atoms in total. The maximum atomic E-state index is 11.1. The van der Waals surface area contributed by atoms with Gasteiger partial charge in [0, 0.05) is 17.1 Å². The van der Waals surface area contributed by atoms with Gasteiger partial charge in [0.15, 0.2) is 11.5 Å². The molecule has 0 spiro atoms. The van der Waals surface area contributed by atoms with E-state index in [1.807, 2.05) is 0 Å². The number of nitrogens with two attached hydrogens (primary N) is 1. The van der Waals surface area contributed by atoms with E-state index in [9.17, 15) is 4.79 Å². The molecule has 1 atom stereocenters. The molecule has 1 aliphatic heterocycles. The van der Waals surface area contributed by atoms with Crippen molar-refractivity contribution in [2.75, 3.05) is 13.9 Å².